The highest BCUT2D eigenvalue weighted by molar-refractivity contribution is 6.06. The third kappa shape index (κ3) is 2.47. The molecule has 2 heterocycles. The maximum Gasteiger partial charge on any atom is 0.336 e. The van der Waals surface area contributed by atoms with Crippen molar-refractivity contribution in [2.45, 2.75) is 19.8 Å². The standard InChI is InChI=1S/C20H18N4O2/c1-10(2)18-23-17(21)16-15(9-22-19(16)24-18)12-6-7-13-11(8-12)4-3-5-14(13)20(25)26/h3-10H,1-2H3,(H,25,26)(H3,21,22,23,24). The van der Waals surface area contributed by atoms with Crippen molar-refractivity contribution < 1.29 is 9.90 Å². The van der Waals surface area contributed by atoms with Crippen LogP contribution in [-0.2, 0) is 0 Å². The summed E-state index contributed by atoms with van der Waals surface area (Å²) in [6.07, 6.45) is 1.86. The van der Waals surface area contributed by atoms with Crippen molar-refractivity contribution in [3.8, 4) is 11.1 Å². The van der Waals surface area contributed by atoms with Crippen LogP contribution in [0.5, 0.6) is 0 Å². The van der Waals surface area contributed by atoms with E-state index >= 15 is 0 Å². The number of benzene rings is 2. The van der Waals surface area contributed by atoms with Gasteiger partial charge in [0.05, 0.1) is 10.9 Å². The Kier molecular flexibility index (Phi) is 3.61. The molecule has 130 valence electrons. The quantitative estimate of drug-likeness (QED) is 0.516. The van der Waals surface area contributed by atoms with E-state index in [4.69, 9.17) is 5.73 Å². The lowest BCUT2D eigenvalue weighted by Crippen LogP contribution is -2.02. The van der Waals surface area contributed by atoms with Gasteiger partial charge in [0.1, 0.15) is 17.3 Å². The minimum atomic E-state index is -0.936. The van der Waals surface area contributed by atoms with Crippen LogP contribution in [0.15, 0.2) is 42.6 Å². The van der Waals surface area contributed by atoms with Gasteiger partial charge in [-0.3, -0.25) is 0 Å². The van der Waals surface area contributed by atoms with Crippen LogP contribution in [0.25, 0.3) is 32.9 Å². The first-order valence-corrected chi connectivity index (χ1v) is 8.36. The van der Waals surface area contributed by atoms with E-state index in [0.29, 0.717) is 22.7 Å². The van der Waals surface area contributed by atoms with Gasteiger partial charge in [0.2, 0.25) is 0 Å². The van der Waals surface area contributed by atoms with Gasteiger partial charge in [-0.05, 0) is 28.5 Å². The summed E-state index contributed by atoms with van der Waals surface area (Å²) in [5.41, 5.74) is 9.03. The summed E-state index contributed by atoms with van der Waals surface area (Å²) in [6, 6.07) is 10.9. The zero-order chi connectivity index (χ0) is 18.4. The van der Waals surface area contributed by atoms with Gasteiger partial charge in [-0.1, -0.05) is 38.1 Å². The van der Waals surface area contributed by atoms with Gasteiger partial charge in [-0.15, -0.1) is 0 Å². The van der Waals surface area contributed by atoms with Crippen LogP contribution in [0, 0.1) is 0 Å². The van der Waals surface area contributed by atoms with Crippen LogP contribution < -0.4 is 5.73 Å². The predicted octanol–water partition coefficient (Wildman–Crippen LogP) is 4.18. The molecule has 2 aromatic carbocycles. The maximum atomic E-state index is 11.4. The molecule has 0 saturated carbocycles. The number of hydrogen-bond acceptors (Lipinski definition) is 4. The number of hydrogen-bond donors (Lipinski definition) is 3. The summed E-state index contributed by atoms with van der Waals surface area (Å²) >= 11 is 0. The highest BCUT2D eigenvalue weighted by Crippen LogP contribution is 2.34. The van der Waals surface area contributed by atoms with Gasteiger partial charge >= 0.3 is 5.97 Å². The number of carboxylic acids is 1. The molecule has 0 radical (unpaired) electrons. The van der Waals surface area contributed by atoms with Crippen LogP contribution in [-0.4, -0.2) is 26.0 Å². The number of aromatic nitrogens is 3. The fourth-order valence-electron chi connectivity index (χ4n) is 3.20. The van der Waals surface area contributed by atoms with Crippen molar-refractivity contribution in [1.82, 2.24) is 15.0 Å². The molecule has 6 heteroatoms. The number of nitrogens with one attached hydrogen (secondary N) is 1. The molecule has 4 N–H and O–H groups in total. The molecule has 0 amide bonds. The second kappa shape index (κ2) is 5.84. The Bertz CT molecular complexity index is 1160. The Hall–Kier alpha value is -3.41. The summed E-state index contributed by atoms with van der Waals surface area (Å²) in [5, 5.41) is 11.7. The van der Waals surface area contributed by atoms with Gasteiger partial charge in [0, 0.05) is 17.7 Å². The predicted molar refractivity (Wildman–Crippen MR) is 102 cm³/mol. The molecule has 0 aliphatic heterocycles. The van der Waals surface area contributed by atoms with Crippen LogP contribution in [0.2, 0.25) is 0 Å². The first-order chi connectivity index (χ1) is 12.5. The molecule has 2 aromatic heterocycles. The third-order valence-electron chi connectivity index (χ3n) is 4.52. The van der Waals surface area contributed by atoms with Crippen molar-refractivity contribution in [2.75, 3.05) is 5.73 Å². The molecular weight excluding hydrogens is 328 g/mol. The Morgan fingerprint density at radius 1 is 1.19 bits per heavy atom. The van der Waals surface area contributed by atoms with Crippen molar-refractivity contribution >= 4 is 33.6 Å². The molecule has 4 rings (SSSR count). The largest absolute Gasteiger partial charge is 0.478 e. The van der Waals surface area contributed by atoms with E-state index in [-0.39, 0.29) is 11.5 Å². The Morgan fingerprint density at radius 2 is 2.00 bits per heavy atom. The number of nitrogen functional groups attached to an aromatic ring is 1. The third-order valence-corrected chi connectivity index (χ3v) is 4.52. The topological polar surface area (TPSA) is 105 Å². The van der Waals surface area contributed by atoms with Gasteiger partial charge in [-0.2, -0.15) is 0 Å². The van der Waals surface area contributed by atoms with Gasteiger partial charge in [0.15, 0.2) is 0 Å². The molecule has 26 heavy (non-hydrogen) atoms. The van der Waals surface area contributed by atoms with Crippen LogP contribution in [0.4, 0.5) is 5.82 Å². The number of anilines is 1. The molecule has 0 aliphatic rings. The van der Waals surface area contributed by atoms with E-state index < -0.39 is 5.97 Å². The second-order valence-corrected chi connectivity index (χ2v) is 6.59. The van der Waals surface area contributed by atoms with Crippen LogP contribution in [0.3, 0.4) is 0 Å². The van der Waals surface area contributed by atoms with Crippen molar-refractivity contribution in [2.24, 2.45) is 0 Å². The van der Waals surface area contributed by atoms with Crippen LogP contribution in [0.1, 0.15) is 35.9 Å². The lowest BCUT2D eigenvalue weighted by atomic mass is 9.98. The summed E-state index contributed by atoms with van der Waals surface area (Å²) in [5.74, 6) is 0.389. The SMILES string of the molecule is CC(C)c1nc(N)c2c(-c3ccc4c(C(=O)O)cccc4c3)c[nH]c2n1. The number of carbonyl (C=O) groups is 1. The van der Waals surface area contributed by atoms with E-state index in [1.807, 2.05) is 44.3 Å². The molecule has 0 bridgehead atoms. The number of aromatic carboxylic acids is 1. The molecule has 4 aromatic rings. The van der Waals surface area contributed by atoms with E-state index in [0.717, 1.165) is 21.9 Å². The summed E-state index contributed by atoms with van der Waals surface area (Å²) < 4.78 is 0. The molecular formula is C20H18N4O2. The number of aromatic amines is 1. The lowest BCUT2D eigenvalue weighted by Gasteiger charge is -2.08. The monoisotopic (exact) mass is 346 g/mol. The number of nitrogens with zero attached hydrogens (tertiary/aromatic N) is 2. The molecule has 0 unspecified atom stereocenters. The zero-order valence-corrected chi connectivity index (χ0v) is 14.4. The van der Waals surface area contributed by atoms with E-state index in [1.54, 1.807) is 12.1 Å². The van der Waals surface area contributed by atoms with E-state index in [2.05, 4.69) is 15.0 Å². The average molecular weight is 346 g/mol. The number of rotatable bonds is 3. The van der Waals surface area contributed by atoms with Crippen molar-refractivity contribution in [3.63, 3.8) is 0 Å². The average Bonchev–Trinajstić information content (AvgIpc) is 3.05. The zero-order valence-electron chi connectivity index (χ0n) is 14.4. The summed E-state index contributed by atoms with van der Waals surface area (Å²) in [7, 11) is 0. The van der Waals surface area contributed by atoms with Crippen molar-refractivity contribution in [3.05, 3.63) is 54.0 Å². The lowest BCUT2D eigenvalue weighted by molar-refractivity contribution is 0.0699. The first-order valence-electron chi connectivity index (χ1n) is 8.36. The minimum absolute atomic E-state index is 0.184. The summed E-state index contributed by atoms with van der Waals surface area (Å²) in [6.45, 7) is 4.04. The number of fused-ring (bicyclic) bond motifs is 2. The number of H-pyrrole nitrogens is 1. The fraction of sp³-hybridized carbons (Fsp3) is 0.150. The smallest absolute Gasteiger partial charge is 0.336 e. The molecule has 0 spiro atoms. The molecule has 0 atom stereocenters. The van der Waals surface area contributed by atoms with Gasteiger partial charge in [0.25, 0.3) is 0 Å². The Morgan fingerprint density at radius 3 is 2.73 bits per heavy atom. The van der Waals surface area contributed by atoms with Crippen molar-refractivity contribution in [1.29, 1.82) is 0 Å². The normalized spacial score (nSPS) is 11.5. The highest BCUT2D eigenvalue weighted by Gasteiger charge is 2.16. The number of carboxylic acid groups (broad SMARTS) is 1. The molecule has 0 saturated heterocycles. The first kappa shape index (κ1) is 16.1. The molecule has 6 nitrogen and oxygen atoms in total. The number of nitrogens with two attached hydrogens (primary N) is 1. The van der Waals surface area contributed by atoms with E-state index in [1.165, 1.54) is 0 Å². The second-order valence-electron chi connectivity index (χ2n) is 6.59. The Labute approximate surface area is 149 Å². The minimum Gasteiger partial charge on any atom is -0.478 e. The summed E-state index contributed by atoms with van der Waals surface area (Å²) in [4.78, 5) is 23.6. The molecule has 0 aliphatic carbocycles. The van der Waals surface area contributed by atoms with Gasteiger partial charge in [-0.25, -0.2) is 14.8 Å². The van der Waals surface area contributed by atoms with E-state index in [9.17, 15) is 9.90 Å². The van der Waals surface area contributed by atoms with Gasteiger partial charge < -0.3 is 15.8 Å². The fourth-order valence-corrected chi connectivity index (χ4v) is 3.20. The highest BCUT2D eigenvalue weighted by atomic mass is 16.4. The maximum absolute atomic E-state index is 11.4. The Balaban J connectivity index is 1.92. The van der Waals surface area contributed by atoms with Crippen LogP contribution >= 0.6 is 0 Å². The molecule has 0 fully saturated rings.